The molecule has 0 spiro atoms. The Balaban J connectivity index is 2.44. The molecule has 0 saturated carbocycles. The van der Waals surface area contributed by atoms with Crippen molar-refractivity contribution < 1.29 is 9.59 Å². The monoisotopic (exact) mass is 229 g/mol. The van der Waals surface area contributed by atoms with E-state index in [1.807, 2.05) is 0 Å². The minimum absolute atomic E-state index is 0.0687. The number of amidine groups is 1. The summed E-state index contributed by atoms with van der Waals surface area (Å²) in [5, 5.41) is 7.24. The number of Topliss-reactive ketones (excluding diaryl/α,β-unsaturated/α-hetero) is 1. The Morgan fingerprint density at radius 3 is 2.80 bits per heavy atom. The predicted octanol–water partition coefficient (Wildman–Crippen LogP) is -0.156. The van der Waals surface area contributed by atoms with E-state index in [0.717, 1.165) is 0 Å². The summed E-state index contributed by atoms with van der Waals surface area (Å²) in [5.41, 5.74) is 5.56. The average molecular weight is 229 g/mol. The molecule has 1 heterocycles. The standard InChI is InChI=1S/C9H15N3O2S/c1-5(13)6(10)4-15-7-3-8(11)12(2)9(7)14/h6-7,11H,3-4,10H2,1-2H3. The molecule has 0 bridgehead atoms. The van der Waals surface area contributed by atoms with E-state index in [1.54, 1.807) is 7.05 Å². The van der Waals surface area contributed by atoms with Crippen molar-refractivity contribution in [3.8, 4) is 0 Å². The third-order valence-corrected chi connectivity index (χ3v) is 3.71. The van der Waals surface area contributed by atoms with Gasteiger partial charge in [0.2, 0.25) is 5.91 Å². The highest BCUT2D eigenvalue weighted by Crippen LogP contribution is 2.24. The second-order valence-electron chi connectivity index (χ2n) is 3.59. The summed E-state index contributed by atoms with van der Waals surface area (Å²) in [4.78, 5) is 23.8. The molecule has 1 saturated heterocycles. The number of nitrogens with one attached hydrogen (secondary N) is 1. The second kappa shape index (κ2) is 4.76. The second-order valence-corrected chi connectivity index (χ2v) is 4.82. The Morgan fingerprint density at radius 1 is 1.80 bits per heavy atom. The Labute approximate surface area is 92.9 Å². The van der Waals surface area contributed by atoms with Crippen molar-refractivity contribution >= 4 is 29.3 Å². The van der Waals surface area contributed by atoms with Gasteiger partial charge in [-0.15, -0.1) is 11.8 Å². The van der Waals surface area contributed by atoms with Crippen LogP contribution in [-0.2, 0) is 9.59 Å². The molecule has 0 aromatic rings. The molecule has 1 amide bonds. The van der Waals surface area contributed by atoms with Crippen LogP contribution in [-0.4, -0.2) is 46.5 Å². The van der Waals surface area contributed by atoms with E-state index in [4.69, 9.17) is 11.1 Å². The van der Waals surface area contributed by atoms with Crippen molar-refractivity contribution in [1.29, 1.82) is 5.41 Å². The van der Waals surface area contributed by atoms with Crippen molar-refractivity contribution in [2.45, 2.75) is 24.6 Å². The number of rotatable bonds is 4. The van der Waals surface area contributed by atoms with Crippen LogP contribution in [0.4, 0.5) is 0 Å². The summed E-state index contributed by atoms with van der Waals surface area (Å²) in [6.45, 7) is 1.44. The molecule has 0 aromatic carbocycles. The molecule has 2 atom stereocenters. The molecular formula is C9H15N3O2S. The molecule has 6 heteroatoms. The summed E-state index contributed by atoms with van der Waals surface area (Å²) in [6.07, 6.45) is 0.435. The lowest BCUT2D eigenvalue weighted by atomic mass is 10.3. The van der Waals surface area contributed by atoms with Crippen molar-refractivity contribution in [3.05, 3.63) is 0 Å². The highest BCUT2D eigenvalue weighted by atomic mass is 32.2. The Kier molecular flexibility index (Phi) is 3.87. The molecule has 1 rings (SSSR count). The maximum atomic E-state index is 11.5. The molecule has 0 radical (unpaired) electrons. The average Bonchev–Trinajstić information content (AvgIpc) is 2.42. The fourth-order valence-corrected chi connectivity index (χ4v) is 2.47. The highest BCUT2D eigenvalue weighted by Gasteiger charge is 2.34. The number of hydrogen-bond acceptors (Lipinski definition) is 5. The maximum absolute atomic E-state index is 11.5. The number of carbonyl (C=O) groups excluding carboxylic acids is 2. The van der Waals surface area contributed by atoms with Gasteiger partial charge >= 0.3 is 0 Å². The van der Waals surface area contributed by atoms with Gasteiger partial charge in [0.1, 0.15) is 11.6 Å². The van der Waals surface area contributed by atoms with Crippen molar-refractivity contribution in [1.82, 2.24) is 4.90 Å². The first-order valence-electron chi connectivity index (χ1n) is 4.66. The number of hydrogen-bond donors (Lipinski definition) is 2. The fraction of sp³-hybridized carbons (Fsp3) is 0.667. The first-order valence-corrected chi connectivity index (χ1v) is 5.71. The van der Waals surface area contributed by atoms with Crippen LogP contribution in [0.1, 0.15) is 13.3 Å². The first-order chi connectivity index (χ1) is 6.93. The topological polar surface area (TPSA) is 87.2 Å². The minimum Gasteiger partial charge on any atom is -0.321 e. The summed E-state index contributed by atoms with van der Waals surface area (Å²) in [5.74, 6) is 0.623. The van der Waals surface area contributed by atoms with E-state index >= 15 is 0 Å². The van der Waals surface area contributed by atoms with Crippen LogP contribution < -0.4 is 5.73 Å². The van der Waals surface area contributed by atoms with Gasteiger partial charge in [0.25, 0.3) is 0 Å². The molecule has 1 fully saturated rings. The van der Waals surface area contributed by atoms with Crippen LogP contribution in [0.25, 0.3) is 0 Å². The Hall–Kier alpha value is -0.880. The van der Waals surface area contributed by atoms with Crippen molar-refractivity contribution in [3.63, 3.8) is 0 Å². The normalized spacial score (nSPS) is 23.4. The van der Waals surface area contributed by atoms with Gasteiger partial charge in [-0.1, -0.05) is 0 Å². The smallest absolute Gasteiger partial charge is 0.241 e. The number of ketones is 1. The fourth-order valence-electron chi connectivity index (χ4n) is 1.22. The molecule has 1 aliphatic rings. The van der Waals surface area contributed by atoms with E-state index in [1.165, 1.54) is 23.6 Å². The van der Waals surface area contributed by atoms with E-state index < -0.39 is 6.04 Å². The van der Waals surface area contributed by atoms with Gasteiger partial charge in [0.05, 0.1) is 11.3 Å². The van der Waals surface area contributed by atoms with Crippen LogP contribution in [0.2, 0.25) is 0 Å². The van der Waals surface area contributed by atoms with E-state index in [2.05, 4.69) is 0 Å². The lowest BCUT2D eigenvalue weighted by Gasteiger charge is -2.11. The Morgan fingerprint density at radius 2 is 2.40 bits per heavy atom. The van der Waals surface area contributed by atoms with Crippen LogP contribution in [0, 0.1) is 5.41 Å². The van der Waals surface area contributed by atoms with Gasteiger partial charge in [0, 0.05) is 19.2 Å². The zero-order valence-corrected chi connectivity index (χ0v) is 9.63. The molecule has 0 aromatic heterocycles. The van der Waals surface area contributed by atoms with Gasteiger partial charge in [-0.25, -0.2) is 0 Å². The summed E-state index contributed by atoms with van der Waals surface area (Å²) in [7, 11) is 1.59. The molecule has 0 aliphatic carbocycles. The third kappa shape index (κ3) is 2.79. The zero-order chi connectivity index (χ0) is 11.6. The number of nitrogens with zero attached hydrogens (tertiary/aromatic N) is 1. The number of carbonyl (C=O) groups is 2. The van der Waals surface area contributed by atoms with E-state index in [0.29, 0.717) is 18.0 Å². The number of likely N-dealkylation sites (tertiary alicyclic amines) is 1. The lowest BCUT2D eigenvalue weighted by Crippen LogP contribution is -2.32. The van der Waals surface area contributed by atoms with Crippen LogP contribution in [0.15, 0.2) is 0 Å². The molecule has 3 N–H and O–H groups in total. The summed E-state index contributed by atoms with van der Waals surface area (Å²) >= 11 is 1.36. The lowest BCUT2D eigenvalue weighted by molar-refractivity contribution is -0.124. The maximum Gasteiger partial charge on any atom is 0.241 e. The van der Waals surface area contributed by atoms with Crippen LogP contribution >= 0.6 is 11.8 Å². The quantitative estimate of drug-likeness (QED) is 0.701. The van der Waals surface area contributed by atoms with Gasteiger partial charge in [-0.2, -0.15) is 0 Å². The molecule has 15 heavy (non-hydrogen) atoms. The van der Waals surface area contributed by atoms with E-state index in [9.17, 15) is 9.59 Å². The molecule has 1 aliphatic heterocycles. The molecule has 2 unspecified atom stereocenters. The molecular weight excluding hydrogens is 214 g/mol. The summed E-state index contributed by atoms with van der Waals surface area (Å²) < 4.78 is 0. The number of nitrogens with two attached hydrogens (primary N) is 1. The molecule has 84 valence electrons. The van der Waals surface area contributed by atoms with Gasteiger partial charge in [-0.3, -0.25) is 15.0 Å². The van der Waals surface area contributed by atoms with E-state index in [-0.39, 0.29) is 16.9 Å². The Bertz CT molecular complexity index is 306. The first kappa shape index (κ1) is 12.2. The predicted molar refractivity (Wildman–Crippen MR) is 60.0 cm³/mol. The SMILES string of the molecule is CC(=O)C(N)CSC1CC(=N)N(C)C1=O. The largest absolute Gasteiger partial charge is 0.321 e. The highest BCUT2D eigenvalue weighted by molar-refractivity contribution is 8.00. The minimum atomic E-state index is -0.511. The zero-order valence-electron chi connectivity index (χ0n) is 8.82. The van der Waals surface area contributed by atoms with Crippen LogP contribution in [0.5, 0.6) is 0 Å². The number of thioether (sulfide) groups is 1. The van der Waals surface area contributed by atoms with Crippen LogP contribution in [0.3, 0.4) is 0 Å². The number of amides is 1. The third-order valence-electron chi connectivity index (χ3n) is 2.39. The van der Waals surface area contributed by atoms with Crippen molar-refractivity contribution in [2.24, 2.45) is 5.73 Å². The van der Waals surface area contributed by atoms with Gasteiger partial charge in [0.15, 0.2) is 0 Å². The van der Waals surface area contributed by atoms with Crippen molar-refractivity contribution in [2.75, 3.05) is 12.8 Å². The molecule has 5 nitrogen and oxygen atoms in total. The van der Waals surface area contributed by atoms with Gasteiger partial charge < -0.3 is 10.6 Å². The van der Waals surface area contributed by atoms with Gasteiger partial charge in [-0.05, 0) is 6.92 Å². The summed E-state index contributed by atoms with van der Waals surface area (Å²) in [6, 6.07) is -0.511.